The number of imide groups is 1. The van der Waals surface area contributed by atoms with Gasteiger partial charge in [0.05, 0.1) is 16.1 Å². The van der Waals surface area contributed by atoms with Crippen molar-refractivity contribution in [2.75, 3.05) is 37.6 Å². The van der Waals surface area contributed by atoms with Crippen molar-refractivity contribution in [3.63, 3.8) is 0 Å². The molecular formula is C23H24N4O5. The van der Waals surface area contributed by atoms with E-state index in [0.717, 1.165) is 18.5 Å². The Kier molecular flexibility index (Phi) is 5.89. The molecule has 2 aromatic rings. The highest BCUT2D eigenvalue weighted by Gasteiger charge is 2.36. The maximum atomic E-state index is 13.0. The van der Waals surface area contributed by atoms with Gasteiger partial charge in [0, 0.05) is 56.1 Å². The van der Waals surface area contributed by atoms with Gasteiger partial charge in [-0.15, -0.1) is 0 Å². The van der Waals surface area contributed by atoms with Crippen LogP contribution in [0.2, 0.25) is 0 Å². The molecule has 4 rings (SSSR count). The highest BCUT2D eigenvalue weighted by molar-refractivity contribution is 6.22. The molecule has 0 atom stereocenters. The Morgan fingerprint density at radius 3 is 2.25 bits per heavy atom. The van der Waals surface area contributed by atoms with Crippen molar-refractivity contribution in [1.29, 1.82) is 0 Å². The van der Waals surface area contributed by atoms with Crippen LogP contribution in [-0.2, 0) is 0 Å². The van der Waals surface area contributed by atoms with Crippen LogP contribution in [0.5, 0.6) is 0 Å². The molecule has 9 nitrogen and oxygen atoms in total. The smallest absolute Gasteiger partial charge is 0.269 e. The zero-order valence-corrected chi connectivity index (χ0v) is 17.8. The average molecular weight is 436 g/mol. The number of anilines is 1. The minimum atomic E-state index is -0.432. The number of nitro groups is 1. The van der Waals surface area contributed by atoms with Crippen molar-refractivity contribution >= 4 is 29.1 Å². The molecular weight excluding hydrogens is 412 g/mol. The van der Waals surface area contributed by atoms with E-state index in [1.807, 2.05) is 6.92 Å². The number of hydrogen-bond donors (Lipinski definition) is 0. The average Bonchev–Trinajstić information content (AvgIpc) is 3.06. The molecule has 0 bridgehead atoms. The number of amides is 3. The molecule has 1 fully saturated rings. The molecule has 2 aliphatic rings. The molecule has 0 unspecified atom stereocenters. The summed E-state index contributed by atoms with van der Waals surface area (Å²) in [6, 6.07) is 11.1. The second kappa shape index (κ2) is 8.78. The summed E-state index contributed by atoms with van der Waals surface area (Å²) in [7, 11) is 0. The van der Waals surface area contributed by atoms with E-state index in [1.165, 1.54) is 23.1 Å². The van der Waals surface area contributed by atoms with E-state index >= 15 is 0 Å². The predicted molar refractivity (Wildman–Crippen MR) is 118 cm³/mol. The number of nitrogens with zero attached hydrogens (tertiary/aromatic N) is 4. The van der Waals surface area contributed by atoms with Crippen LogP contribution in [0.25, 0.3) is 0 Å². The molecule has 0 saturated carbocycles. The van der Waals surface area contributed by atoms with Gasteiger partial charge in [0.2, 0.25) is 0 Å². The fraction of sp³-hybridized carbons (Fsp3) is 0.348. The number of rotatable bonds is 6. The molecule has 32 heavy (non-hydrogen) atoms. The minimum absolute atomic E-state index is 0.0421. The Morgan fingerprint density at radius 1 is 0.969 bits per heavy atom. The van der Waals surface area contributed by atoms with E-state index in [1.54, 1.807) is 29.2 Å². The minimum Gasteiger partial charge on any atom is -0.368 e. The van der Waals surface area contributed by atoms with E-state index in [9.17, 15) is 24.5 Å². The van der Waals surface area contributed by atoms with E-state index < -0.39 is 4.92 Å². The van der Waals surface area contributed by atoms with Gasteiger partial charge in [0.25, 0.3) is 23.4 Å². The normalized spacial score (nSPS) is 15.8. The topological polar surface area (TPSA) is 104 Å². The Hall–Kier alpha value is -3.75. The lowest BCUT2D eigenvalue weighted by Crippen LogP contribution is -2.48. The number of piperazine rings is 1. The summed E-state index contributed by atoms with van der Waals surface area (Å²) in [5.41, 5.74) is 1.95. The molecule has 0 aliphatic carbocycles. The molecule has 0 N–H and O–H groups in total. The largest absolute Gasteiger partial charge is 0.368 e. The molecule has 0 radical (unpaired) electrons. The summed E-state index contributed by atoms with van der Waals surface area (Å²) in [5.74, 6) is -0.811. The molecule has 2 aliphatic heterocycles. The number of hydrogen-bond acceptors (Lipinski definition) is 6. The van der Waals surface area contributed by atoms with Gasteiger partial charge in [-0.1, -0.05) is 13.3 Å². The van der Waals surface area contributed by atoms with Crippen LogP contribution in [0, 0.1) is 10.1 Å². The summed E-state index contributed by atoms with van der Waals surface area (Å²) in [4.78, 5) is 53.6. The van der Waals surface area contributed by atoms with Crippen LogP contribution < -0.4 is 4.90 Å². The maximum Gasteiger partial charge on any atom is 0.269 e. The van der Waals surface area contributed by atoms with Crippen molar-refractivity contribution in [1.82, 2.24) is 9.80 Å². The summed E-state index contributed by atoms with van der Waals surface area (Å²) in [6.07, 6.45) is 1.62. The molecule has 0 aromatic heterocycles. The first-order valence-corrected chi connectivity index (χ1v) is 10.7. The first-order valence-electron chi connectivity index (χ1n) is 10.7. The van der Waals surface area contributed by atoms with Crippen LogP contribution in [0.3, 0.4) is 0 Å². The SMILES string of the molecule is CCCCN1C(=O)c2ccc(C(=O)N3CCN(c4ccc([N+](=O)[O-])cc4)CC3)cc2C1=O. The van der Waals surface area contributed by atoms with Gasteiger partial charge in [0.15, 0.2) is 0 Å². The molecule has 0 spiro atoms. The van der Waals surface area contributed by atoms with Crippen molar-refractivity contribution in [3.05, 3.63) is 69.3 Å². The van der Waals surface area contributed by atoms with Crippen LogP contribution in [-0.4, -0.2) is 65.2 Å². The fourth-order valence-corrected chi connectivity index (χ4v) is 4.08. The Balaban J connectivity index is 1.42. The molecule has 2 aromatic carbocycles. The van der Waals surface area contributed by atoms with Gasteiger partial charge < -0.3 is 9.80 Å². The number of benzene rings is 2. The quantitative estimate of drug-likeness (QED) is 0.392. The van der Waals surface area contributed by atoms with Crippen LogP contribution in [0.1, 0.15) is 50.8 Å². The summed E-state index contributed by atoms with van der Waals surface area (Å²) >= 11 is 0. The summed E-state index contributed by atoms with van der Waals surface area (Å²) < 4.78 is 0. The van der Waals surface area contributed by atoms with Crippen LogP contribution in [0.15, 0.2) is 42.5 Å². The third-order valence-electron chi connectivity index (χ3n) is 5.95. The number of non-ortho nitro benzene ring substituents is 1. The predicted octanol–water partition coefficient (Wildman–Crippen LogP) is 2.95. The van der Waals surface area contributed by atoms with E-state index in [2.05, 4.69) is 4.90 Å². The van der Waals surface area contributed by atoms with Gasteiger partial charge in [-0.3, -0.25) is 29.4 Å². The zero-order valence-electron chi connectivity index (χ0n) is 17.8. The highest BCUT2D eigenvalue weighted by Crippen LogP contribution is 2.26. The van der Waals surface area contributed by atoms with Crippen LogP contribution >= 0.6 is 0 Å². The number of carbonyl (C=O) groups excluding carboxylic acids is 3. The van der Waals surface area contributed by atoms with Crippen molar-refractivity contribution in [2.45, 2.75) is 19.8 Å². The number of carbonyl (C=O) groups is 3. The highest BCUT2D eigenvalue weighted by atomic mass is 16.6. The number of fused-ring (bicyclic) bond motifs is 1. The Morgan fingerprint density at radius 2 is 1.62 bits per heavy atom. The van der Waals surface area contributed by atoms with E-state index in [4.69, 9.17) is 0 Å². The van der Waals surface area contributed by atoms with E-state index in [0.29, 0.717) is 49.4 Å². The molecule has 166 valence electrons. The zero-order chi connectivity index (χ0) is 22.8. The second-order valence-electron chi connectivity index (χ2n) is 7.93. The fourth-order valence-electron chi connectivity index (χ4n) is 4.08. The maximum absolute atomic E-state index is 13.0. The first kappa shape index (κ1) is 21.5. The molecule has 3 amide bonds. The molecule has 9 heteroatoms. The van der Waals surface area contributed by atoms with Gasteiger partial charge in [-0.25, -0.2) is 0 Å². The van der Waals surface area contributed by atoms with Crippen molar-refractivity contribution in [3.8, 4) is 0 Å². The third-order valence-corrected chi connectivity index (χ3v) is 5.95. The molecule has 2 heterocycles. The third kappa shape index (κ3) is 3.93. The van der Waals surface area contributed by atoms with Crippen molar-refractivity contribution < 1.29 is 19.3 Å². The number of unbranched alkanes of at least 4 members (excludes halogenated alkanes) is 1. The standard InChI is InChI=1S/C23H24N4O5/c1-2-3-10-26-22(29)19-9-4-16(15-20(19)23(26)30)21(28)25-13-11-24(12-14-25)17-5-7-18(8-6-17)27(31)32/h4-9,15H,2-3,10-14H2,1H3. The Labute approximate surface area is 185 Å². The second-order valence-corrected chi connectivity index (χ2v) is 7.93. The summed E-state index contributed by atoms with van der Waals surface area (Å²) in [6.45, 7) is 4.55. The van der Waals surface area contributed by atoms with Crippen molar-refractivity contribution in [2.24, 2.45) is 0 Å². The lowest BCUT2D eigenvalue weighted by atomic mass is 10.0. The monoisotopic (exact) mass is 436 g/mol. The van der Waals surface area contributed by atoms with Gasteiger partial charge in [-0.2, -0.15) is 0 Å². The summed E-state index contributed by atoms with van der Waals surface area (Å²) in [5, 5.41) is 10.8. The first-order chi connectivity index (χ1) is 15.4. The lowest BCUT2D eigenvalue weighted by molar-refractivity contribution is -0.384. The Bertz CT molecular complexity index is 1070. The van der Waals surface area contributed by atoms with Gasteiger partial charge in [0.1, 0.15) is 0 Å². The van der Waals surface area contributed by atoms with E-state index in [-0.39, 0.29) is 23.4 Å². The lowest BCUT2D eigenvalue weighted by Gasteiger charge is -2.36. The molecule has 1 saturated heterocycles. The number of nitro benzene ring substituents is 1. The van der Waals surface area contributed by atoms with Crippen LogP contribution in [0.4, 0.5) is 11.4 Å². The van der Waals surface area contributed by atoms with Gasteiger partial charge in [-0.05, 0) is 36.8 Å². The van der Waals surface area contributed by atoms with Gasteiger partial charge >= 0.3 is 0 Å².